The number of halogens is 1. The number of aliphatic hydroxyl groups excluding tert-OH is 1. The number of hydrogen-bond acceptors (Lipinski definition) is 4. The Kier molecular flexibility index (Phi) is 4.09. The van der Waals surface area contributed by atoms with Crippen molar-refractivity contribution in [3.63, 3.8) is 0 Å². The maximum absolute atomic E-state index is 13.7. The summed E-state index contributed by atoms with van der Waals surface area (Å²) in [5, 5.41) is 15.4. The van der Waals surface area contributed by atoms with Crippen molar-refractivity contribution < 1.29 is 17.9 Å². The van der Waals surface area contributed by atoms with Crippen LogP contribution in [0.15, 0.2) is 47.4 Å². The molecule has 1 aliphatic rings. The normalized spacial score (nSPS) is 15.5. The second-order valence-corrected chi connectivity index (χ2v) is 7.13. The molecule has 23 heavy (non-hydrogen) atoms. The van der Waals surface area contributed by atoms with Gasteiger partial charge in [0.05, 0.1) is 11.0 Å². The Hall–Kier alpha value is -1.96. The molecule has 1 heterocycles. The van der Waals surface area contributed by atoms with Crippen LogP contribution in [0.2, 0.25) is 0 Å². The summed E-state index contributed by atoms with van der Waals surface area (Å²) in [7, 11) is -3.73. The largest absolute Gasteiger partial charge is 0.386 e. The van der Waals surface area contributed by atoms with E-state index < -0.39 is 21.9 Å². The third-order valence-corrected chi connectivity index (χ3v) is 4.94. The van der Waals surface area contributed by atoms with Gasteiger partial charge in [0, 0.05) is 24.3 Å². The van der Waals surface area contributed by atoms with Crippen molar-refractivity contribution in [2.24, 2.45) is 5.14 Å². The van der Waals surface area contributed by atoms with E-state index in [4.69, 9.17) is 5.14 Å². The zero-order valence-electron chi connectivity index (χ0n) is 12.3. The van der Waals surface area contributed by atoms with Crippen molar-refractivity contribution in [2.75, 3.05) is 18.0 Å². The van der Waals surface area contributed by atoms with Gasteiger partial charge in [0.15, 0.2) is 0 Å². The van der Waals surface area contributed by atoms with E-state index in [1.54, 1.807) is 30.3 Å². The third-order valence-electron chi connectivity index (χ3n) is 4.03. The van der Waals surface area contributed by atoms with E-state index >= 15 is 0 Å². The molecule has 1 aliphatic heterocycles. The Labute approximate surface area is 134 Å². The number of nitrogens with two attached hydrogens (primary N) is 1. The molecule has 2 aromatic rings. The number of fused-ring (bicyclic) bond motifs is 1. The van der Waals surface area contributed by atoms with E-state index in [1.807, 2.05) is 4.90 Å². The number of anilines is 1. The van der Waals surface area contributed by atoms with Crippen LogP contribution in [0.5, 0.6) is 0 Å². The zero-order chi connectivity index (χ0) is 16.6. The number of rotatable bonds is 4. The number of nitrogens with zero attached hydrogens (tertiary/aromatic N) is 1. The third kappa shape index (κ3) is 3.21. The van der Waals surface area contributed by atoms with E-state index in [0.717, 1.165) is 11.3 Å². The lowest BCUT2D eigenvalue weighted by Crippen LogP contribution is -2.27. The van der Waals surface area contributed by atoms with Gasteiger partial charge in [-0.3, -0.25) is 0 Å². The first-order chi connectivity index (χ1) is 10.9. The minimum atomic E-state index is -3.73. The zero-order valence-corrected chi connectivity index (χ0v) is 13.1. The van der Waals surface area contributed by atoms with Crippen LogP contribution in [0.25, 0.3) is 0 Å². The summed E-state index contributed by atoms with van der Waals surface area (Å²) in [6, 6.07) is 10.8. The fourth-order valence-corrected chi connectivity index (χ4v) is 3.43. The molecule has 0 saturated heterocycles. The monoisotopic (exact) mass is 336 g/mol. The van der Waals surface area contributed by atoms with Gasteiger partial charge in [-0.25, -0.2) is 17.9 Å². The highest BCUT2D eigenvalue weighted by Crippen LogP contribution is 2.31. The van der Waals surface area contributed by atoms with Crippen LogP contribution in [-0.4, -0.2) is 26.6 Å². The molecule has 3 rings (SSSR count). The first-order valence-corrected chi connectivity index (χ1v) is 8.74. The summed E-state index contributed by atoms with van der Waals surface area (Å²) in [6.07, 6.45) is -0.303. The molecule has 1 atom stereocenters. The van der Waals surface area contributed by atoms with Crippen LogP contribution in [0.1, 0.15) is 17.2 Å². The summed E-state index contributed by atoms with van der Waals surface area (Å²) >= 11 is 0. The Morgan fingerprint density at radius 2 is 2.00 bits per heavy atom. The van der Waals surface area contributed by atoms with Gasteiger partial charge in [0.25, 0.3) is 0 Å². The average Bonchev–Trinajstić information content (AvgIpc) is 2.89. The molecule has 0 amide bonds. The summed E-state index contributed by atoms with van der Waals surface area (Å²) in [5.41, 5.74) is 1.95. The van der Waals surface area contributed by atoms with Crippen LogP contribution in [0, 0.1) is 5.82 Å². The van der Waals surface area contributed by atoms with Crippen LogP contribution >= 0.6 is 0 Å². The quantitative estimate of drug-likeness (QED) is 0.888. The summed E-state index contributed by atoms with van der Waals surface area (Å²) in [5.74, 6) is -0.441. The molecular formula is C16H17FN2O3S. The van der Waals surface area contributed by atoms with E-state index in [-0.39, 0.29) is 17.0 Å². The van der Waals surface area contributed by atoms with Gasteiger partial charge in [-0.2, -0.15) is 0 Å². The number of sulfonamides is 1. The lowest BCUT2D eigenvalue weighted by Gasteiger charge is -2.23. The van der Waals surface area contributed by atoms with E-state index in [2.05, 4.69) is 0 Å². The number of hydrogen-bond donors (Lipinski definition) is 2. The van der Waals surface area contributed by atoms with Gasteiger partial charge in [-0.05, 0) is 36.2 Å². The van der Waals surface area contributed by atoms with Gasteiger partial charge < -0.3 is 10.0 Å². The maximum Gasteiger partial charge on any atom is 0.238 e. The van der Waals surface area contributed by atoms with E-state index in [1.165, 1.54) is 12.1 Å². The molecular weight excluding hydrogens is 319 g/mol. The topological polar surface area (TPSA) is 83.6 Å². The number of β-amino-alcohol motifs (C(OH)–C–C–N with tert-alkyl or cyclic N) is 1. The molecule has 0 aliphatic carbocycles. The van der Waals surface area contributed by atoms with Gasteiger partial charge in [-0.1, -0.05) is 18.2 Å². The first kappa shape index (κ1) is 15.9. The molecule has 0 fully saturated rings. The fraction of sp³-hybridized carbons (Fsp3) is 0.250. The van der Waals surface area contributed by atoms with Crippen molar-refractivity contribution in [2.45, 2.75) is 17.4 Å². The predicted molar refractivity (Wildman–Crippen MR) is 85.1 cm³/mol. The molecule has 5 nitrogen and oxygen atoms in total. The molecule has 3 N–H and O–H groups in total. The number of primary sulfonamides is 1. The van der Waals surface area contributed by atoms with Crippen molar-refractivity contribution in [1.29, 1.82) is 0 Å². The van der Waals surface area contributed by atoms with Crippen LogP contribution in [0.4, 0.5) is 10.1 Å². The van der Waals surface area contributed by atoms with Crippen molar-refractivity contribution in [3.05, 3.63) is 59.4 Å². The molecule has 2 aromatic carbocycles. The highest BCUT2D eigenvalue weighted by atomic mass is 32.2. The van der Waals surface area contributed by atoms with E-state index in [0.29, 0.717) is 13.0 Å². The lowest BCUT2D eigenvalue weighted by atomic mass is 10.1. The van der Waals surface area contributed by atoms with Crippen molar-refractivity contribution in [3.8, 4) is 0 Å². The number of aliphatic hydroxyl groups is 1. The smallest absolute Gasteiger partial charge is 0.238 e. The van der Waals surface area contributed by atoms with Crippen molar-refractivity contribution >= 4 is 15.7 Å². The van der Waals surface area contributed by atoms with Gasteiger partial charge in [0.2, 0.25) is 10.0 Å². The maximum atomic E-state index is 13.7. The second-order valence-electron chi connectivity index (χ2n) is 5.57. The lowest BCUT2D eigenvalue weighted by molar-refractivity contribution is 0.179. The van der Waals surface area contributed by atoms with Crippen LogP contribution in [-0.2, 0) is 16.4 Å². The predicted octanol–water partition coefficient (Wildman–Crippen LogP) is 1.57. The Morgan fingerprint density at radius 1 is 1.26 bits per heavy atom. The molecule has 0 bridgehead atoms. The second kappa shape index (κ2) is 5.92. The fourth-order valence-electron chi connectivity index (χ4n) is 2.87. The van der Waals surface area contributed by atoms with Crippen molar-refractivity contribution in [1.82, 2.24) is 0 Å². The molecule has 0 saturated carbocycles. The molecule has 0 radical (unpaired) electrons. The SMILES string of the molecule is NS(=O)(=O)c1ccc2c(c1)CCN2CC(O)c1ccccc1F. The Bertz CT molecular complexity index is 839. The summed E-state index contributed by atoms with van der Waals surface area (Å²) in [4.78, 5) is 1.99. The van der Waals surface area contributed by atoms with E-state index in [9.17, 15) is 17.9 Å². The first-order valence-electron chi connectivity index (χ1n) is 7.19. The van der Waals surface area contributed by atoms with Crippen LogP contribution < -0.4 is 10.0 Å². The van der Waals surface area contributed by atoms with Gasteiger partial charge in [0.1, 0.15) is 5.82 Å². The minimum Gasteiger partial charge on any atom is -0.386 e. The molecule has 122 valence electrons. The average molecular weight is 336 g/mol. The highest BCUT2D eigenvalue weighted by molar-refractivity contribution is 7.89. The summed E-state index contributed by atoms with van der Waals surface area (Å²) in [6.45, 7) is 0.873. The van der Waals surface area contributed by atoms with Gasteiger partial charge >= 0.3 is 0 Å². The summed E-state index contributed by atoms with van der Waals surface area (Å²) < 4.78 is 36.5. The molecule has 0 spiro atoms. The molecule has 1 unspecified atom stereocenters. The molecule has 7 heteroatoms. The van der Waals surface area contributed by atoms with Gasteiger partial charge in [-0.15, -0.1) is 0 Å². The highest BCUT2D eigenvalue weighted by Gasteiger charge is 2.24. The Balaban J connectivity index is 1.82. The standard InChI is InChI=1S/C16H17FN2O3S/c17-14-4-2-1-3-13(14)16(20)10-19-8-7-11-9-12(23(18,21)22)5-6-15(11)19/h1-6,9,16,20H,7-8,10H2,(H2,18,21,22). The van der Waals surface area contributed by atoms with Crippen LogP contribution in [0.3, 0.4) is 0 Å². The Morgan fingerprint density at radius 3 is 2.70 bits per heavy atom. The number of benzene rings is 2. The molecule has 0 aromatic heterocycles. The minimum absolute atomic E-state index is 0.0766.